The van der Waals surface area contributed by atoms with Crippen LogP contribution in [0.2, 0.25) is 0 Å². The van der Waals surface area contributed by atoms with Gasteiger partial charge in [-0.15, -0.1) is 0 Å². The van der Waals surface area contributed by atoms with E-state index in [1.807, 2.05) is 5.32 Å². The first kappa shape index (κ1) is 15.9. The van der Waals surface area contributed by atoms with Crippen molar-refractivity contribution in [3.05, 3.63) is 29.3 Å². The van der Waals surface area contributed by atoms with Gasteiger partial charge in [0.05, 0.1) is 0 Å². The second-order valence-corrected chi connectivity index (χ2v) is 4.71. The molecule has 3 N–H and O–H groups in total. The molecule has 0 aliphatic rings. The summed E-state index contributed by atoms with van der Waals surface area (Å²) in [5.74, 6) is -3.41. The Balaban J connectivity index is 2.87. The number of amides is 2. The number of carboxylic acid groups (broad SMARTS) is 1. The Labute approximate surface area is 115 Å². The van der Waals surface area contributed by atoms with Gasteiger partial charge in [-0.2, -0.15) is 0 Å². The van der Waals surface area contributed by atoms with Gasteiger partial charge in [0, 0.05) is 0 Å². The van der Waals surface area contributed by atoms with Gasteiger partial charge < -0.3 is 15.7 Å². The Morgan fingerprint density at radius 3 is 2.35 bits per heavy atom. The van der Waals surface area contributed by atoms with Crippen LogP contribution >= 0.6 is 0 Å². The molecule has 1 rings (SSSR count). The number of hydrogen-bond acceptors (Lipinski definition) is 2. The normalized spacial score (nSPS) is 12.1. The molecule has 0 saturated heterocycles. The van der Waals surface area contributed by atoms with Crippen molar-refractivity contribution in [2.75, 3.05) is 5.32 Å². The number of hydrogen-bond donors (Lipinski definition) is 3. The van der Waals surface area contributed by atoms with E-state index < -0.39 is 35.4 Å². The first-order valence-corrected chi connectivity index (χ1v) is 5.99. The van der Waals surface area contributed by atoms with Crippen molar-refractivity contribution in [3.8, 4) is 0 Å². The number of carbonyl (C=O) groups is 2. The van der Waals surface area contributed by atoms with Crippen LogP contribution in [0.5, 0.6) is 0 Å². The summed E-state index contributed by atoms with van der Waals surface area (Å²) < 4.78 is 27.1. The topological polar surface area (TPSA) is 78.4 Å². The Morgan fingerprint density at radius 2 is 1.85 bits per heavy atom. The van der Waals surface area contributed by atoms with Crippen molar-refractivity contribution in [1.29, 1.82) is 0 Å². The van der Waals surface area contributed by atoms with Crippen LogP contribution in [-0.4, -0.2) is 23.1 Å². The highest BCUT2D eigenvalue weighted by molar-refractivity contribution is 5.92. The van der Waals surface area contributed by atoms with Crippen LogP contribution in [-0.2, 0) is 4.79 Å². The highest BCUT2D eigenvalue weighted by atomic mass is 19.1. The SMILES string of the molecule is Cc1ccc(F)c(NC(=O)N[C@@H](C(=O)O)C(C)C)c1F. The summed E-state index contributed by atoms with van der Waals surface area (Å²) in [6.07, 6.45) is 0. The quantitative estimate of drug-likeness (QED) is 0.795. The molecule has 110 valence electrons. The lowest BCUT2D eigenvalue weighted by atomic mass is 10.1. The van der Waals surface area contributed by atoms with Gasteiger partial charge in [0.15, 0.2) is 5.82 Å². The van der Waals surface area contributed by atoms with Crippen LogP contribution < -0.4 is 10.6 Å². The maximum atomic E-state index is 13.7. The Bertz CT molecular complexity index is 533. The molecule has 5 nitrogen and oxygen atoms in total. The molecule has 1 aromatic rings. The molecule has 0 unspecified atom stereocenters. The third-order valence-corrected chi connectivity index (χ3v) is 2.74. The van der Waals surface area contributed by atoms with E-state index in [-0.39, 0.29) is 11.5 Å². The Morgan fingerprint density at radius 1 is 1.25 bits per heavy atom. The number of anilines is 1. The van der Waals surface area contributed by atoms with Crippen LogP contribution in [0.15, 0.2) is 12.1 Å². The van der Waals surface area contributed by atoms with Gasteiger partial charge in [-0.3, -0.25) is 0 Å². The summed E-state index contributed by atoms with van der Waals surface area (Å²) in [6.45, 7) is 4.63. The molecule has 20 heavy (non-hydrogen) atoms. The monoisotopic (exact) mass is 286 g/mol. The van der Waals surface area contributed by atoms with Crippen LogP contribution in [0.1, 0.15) is 19.4 Å². The molecule has 0 heterocycles. The summed E-state index contributed by atoms with van der Waals surface area (Å²) in [4.78, 5) is 22.6. The van der Waals surface area contributed by atoms with Crippen LogP contribution in [0.3, 0.4) is 0 Å². The fourth-order valence-electron chi connectivity index (χ4n) is 1.58. The molecule has 0 aliphatic carbocycles. The molecule has 0 aliphatic heterocycles. The minimum atomic E-state index is -1.22. The first-order valence-electron chi connectivity index (χ1n) is 5.99. The second kappa shape index (κ2) is 6.31. The molecular weight excluding hydrogens is 270 g/mol. The van der Waals surface area contributed by atoms with E-state index in [9.17, 15) is 18.4 Å². The van der Waals surface area contributed by atoms with E-state index >= 15 is 0 Å². The van der Waals surface area contributed by atoms with Gasteiger partial charge >= 0.3 is 12.0 Å². The number of aryl methyl sites for hydroxylation is 1. The predicted octanol–water partition coefficient (Wildman–Crippen LogP) is 2.50. The molecular formula is C13H16F2N2O3. The smallest absolute Gasteiger partial charge is 0.326 e. The Kier molecular flexibility index (Phi) is 5.01. The number of nitrogens with one attached hydrogen (secondary N) is 2. The van der Waals surface area contributed by atoms with E-state index in [1.165, 1.54) is 13.0 Å². The number of halogens is 2. The first-order chi connectivity index (χ1) is 9.23. The fourth-order valence-corrected chi connectivity index (χ4v) is 1.58. The third-order valence-electron chi connectivity index (χ3n) is 2.74. The van der Waals surface area contributed by atoms with Gasteiger partial charge in [0.1, 0.15) is 17.5 Å². The molecule has 0 aromatic heterocycles. The van der Waals surface area contributed by atoms with E-state index in [0.29, 0.717) is 0 Å². The molecule has 0 fully saturated rings. The lowest BCUT2D eigenvalue weighted by molar-refractivity contribution is -0.140. The van der Waals surface area contributed by atoms with E-state index in [0.717, 1.165) is 6.07 Å². The van der Waals surface area contributed by atoms with Crippen molar-refractivity contribution in [2.45, 2.75) is 26.8 Å². The average molecular weight is 286 g/mol. The van der Waals surface area contributed by atoms with E-state index in [2.05, 4.69) is 5.32 Å². The van der Waals surface area contributed by atoms with Crippen LogP contribution in [0.4, 0.5) is 19.3 Å². The van der Waals surface area contributed by atoms with Crippen molar-refractivity contribution < 1.29 is 23.5 Å². The zero-order valence-corrected chi connectivity index (χ0v) is 11.3. The molecule has 2 amide bonds. The highest BCUT2D eigenvalue weighted by Crippen LogP contribution is 2.21. The second-order valence-electron chi connectivity index (χ2n) is 4.71. The molecule has 1 aromatic carbocycles. The number of aliphatic carboxylic acids is 1. The lowest BCUT2D eigenvalue weighted by Gasteiger charge is -2.18. The number of urea groups is 1. The van der Waals surface area contributed by atoms with Gasteiger partial charge in [-0.05, 0) is 24.5 Å². The highest BCUT2D eigenvalue weighted by Gasteiger charge is 2.24. The summed E-state index contributed by atoms with van der Waals surface area (Å²) in [5, 5.41) is 13.1. The summed E-state index contributed by atoms with van der Waals surface area (Å²) in [7, 11) is 0. The van der Waals surface area contributed by atoms with Crippen molar-refractivity contribution in [2.24, 2.45) is 5.92 Å². The largest absolute Gasteiger partial charge is 0.480 e. The van der Waals surface area contributed by atoms with Crippen molar-refractivity contribution in [1.82, 2.24) is 5.32 Å². The van der Waals surface area contributed by atoms with Gasteiger partial charge in [0.2, 0.25) is 0 Å². The fraction of sp³-hybridized carbons (Fsp3) is 0.385. The number of carboxylic acids is 1. The van der Waals surface area contributed by atoms with Gasteiger partial charge in [0.25, 0.3) is 0 Å². The van der Waals surface area contributed by atoms with E-state index in [1.54, 1.807) is 13.8 Å². The Hall–Kier alpha value is -2.18. The van der Waals surface area contributed by atoms with Gasteiger partial charge in [-0.1, -0.05) is 19.9 Å². The van der Waals surface area contributed by atoms with Crippen LogP contribution in [0, 0.1) is 24.5 Å². The van der Waals surface area contributed by atoms with Gasteiger partial charge in [-0.25, -0.2) is 18.4 Å². The molecule has 0 radical (unpaired) electrons. The molecule has 7 heteroatoms. The molecule has 0 saturated carbocycles. The summed E-state index contributed by atoms with van der Waals surface area (Å²) >= 11 is 0. The van der Waals surface area contributed by atoms with Crippen molar-refractivity contribution in [3.63, 3.8) is 0 Å². The zero-order valence-electron chi connectivity index (χ0n) is 11.3. The molecule has 1 atom stereocenters. The minimum absolute atomic E-state index is 0.167. The number of rotatable bonds is 4. The third kappa shape index (κ3) is 3.66. The van der Waals surface area contributed by atoms with E-state index in [4.69, 9.17) is 5.11 Å². The maximum absolute atomic E-state index is 13.7. The van der Waals surface area contributed by atoms with Crippen molar-refractivity contribution >= 4 is 17.7 Å². The molecule has 0 spiro atoms. The molecule has 0 bridgehead atoms. The number of carbonyl (C=O) groups excluding carboxylic acids is 1. The summed E-state index contributed by atoms with van der Waals surface area (Å²) in [6, 6.07) is 0.132. The predicted molar refractivity (Wildman–Crippen MR) is 69.5 cm³/mol. The van der Waals surface area contributed by atoms with Crippen LogP contribution in [0.25, 0.3) is 0 Å². The standard InChI is InChI=1S/C13H16F2N2O3/c1-6(2)10(12(18)19)16-13(20)17-11-8(14)5-4-7(3)9(11)15/h4-6,10H,1-3H3,(H,18,19)(H2,16,17,20)/t10-/m1/s1. The lowest BCUT2D eigenvalue weighted by Crippen LogP contribution is -2.46. The summed E-state index contributed by atoms with van der Waals surface area (Å²) in [5.41, 5.74) is -0.435. The number of benzene rings is 1. The maximum Gasteiger partial charge on any atom is 0.326 e. The zero-order chi connectivity index (χ0) is 15.4. The minimum Gasteiger partial charge on any atom is -0.480 e. The average Bonchev–Trinajstić information content (AvgIpc) is 2.35.